The van der Waals surface area contributed by atoms with Crippen LogP contribution in [-0.2, 0) is 28.6 Å². The lowest BCUT2D eigenvalue weighted by Gasteiger charge is -2.73. The van der Waals surface area contributed by atoms with Crippen molar-refractivity contribution in [3.63, 3.8) is 0 Å². The number of rotatable bonds is 4. The van der Waals surface area contributed by atoms with Gasteiger partial charge in [0.1, 0.15) is 17.6 Å². The molecule has 0 N–H and O–H groups in total. The maximum absolute atomic E-state index is 13.8. The number of ether oxygens (including phenoxy) is 3. The Morgan fingerprint density at radius 1 is 0.732 bits per heavy atom. The number of allylic oxidation sites excluding steroid dienone is 1. The molecular weight excluding hydrogens is 516 g/mol. The first-order valence-corrected chi connectivity index (χ1v) is 16.1. The van der Waals surface area contributed by atoms with E-state index in [-0.39, 0.29) is 57.5 Å². The van der Waals surface area contributed by atoms with E-state index in [1.807, 2.05) is 0 Å². The maximum atomic E-state index is 13.8. The molecule has 5 aliphatic rings. The Morgan fingerprint density at radius 3 is 1.95 bits per heavy atom. The van der Waals surface area contributed by atoms with Crippen molar-refractivity contribution in [3.8, 4) is 0 Å². The fourth-order valence-corrected chi connectivity index (χ4v) is 12.5. The van der Waals surface area contributed by atoms with E-state index >= 15 is 0 Å². The lowest BCUT2D eigenvalue weighted by atomic mass is 9.32. The van der Waals surface area contributed by atoms with Gasteiger partial charge in [-0.1, -0.05) is 46.8 Å². The molecule has 0 spiro atoms. The van der Waals surface area contributed by atoms with Gasteiger partial charge < -0.3 is 14.2 Å². The first-order valence-electron chi connectivity index (χ1n) is 16.1. The van der Waals surface area contributed by atoms with Gasteiger partial charge in [0.2, 0.25) is 0 Å². The number of methoxy groups -OCH3 is 1. The average Bonchev–Trinajstić information content (AvgIpc) is 3.27. The quantitative estimate of drug-likeness (QED) is 0.201. The van der Waals surface area contributed by atoms with Gasteiger partial charge in [-0.15, -0.1) is 0 Å². The Labute approximate surface area is 247 Å². The van der Waals surface area contributed by atoms with Gasteiger partial charge in [-0.25, -0.2) is 0 Å². The predicted octanol–water partition coefficient (Wildman–Crippen LogP) is 7.29. The summed E-state index contributed by atoms with van der Waals surface area (Å²) in [5.74, 6) is 0.826. The zero-order valence-electron chi connectivity index (χ0n) is 27.1. The largest absolute Gasteiger partial charge is 0.468 e. The highest BCUT2D eigenvalue weighted by atomic mass is 16.6. The average molecular weight is 571 g/mol. The van der Waals surface area contributed by atoms with E-state index in [0.717, 1.165) is 50.5 Å². The summed E-state index contributed by atoms with van der Waals surface area (Å²) >= 11 is 0. The van der Waals surface area contributed by atoms with Crippen LogP contribution >= 0.6 is 0 Å². The van der Waals surface area contributed by atoms with Crippen LogP contribution in [0.1, 0.15) is 113 Å². The zero-order valence-corrected chi connectivity index (χ0v) is 27.1. The van der Waals surface area contributed by atoms with Crippen molar-refractivity contribution >= 4 is 17.9 Å². The number of carbonyl (C=O) groups is 3. The van der Waals surface area contributed by atoms with Gasteiger partial charge in [0.25, 0.3) is 0 Å². The summed E-state index contributed by atoms with van der Waals surface area (Å²) in [6.45, 7) is 21.7. The van der Waals surface area contributed by atoms with Crippen molar-refractivity contribution in [1.29, 1.82) is 0 Å². The normalized spacial score (nSPS) is 48.0. The van der Waals surface area contributed by atoms with Crippen LogP contribution in [0.4, 0.5) is 0 Å². The topological polar surface area (TPSA) is 78.9 Å². The highest BCUT2D eigenvalue weighted by Gasteiger charge is 2.75. The van der Waals surface area contributed by atoms with Crippen LogP contribution in [0.2, 0.25) is 0 Å². The van der Waals surface area contributed by atoms with E-state index in [1.165, 1.54) is 21.0 Å². The van der Waals surface area contributed by atoms with E-state index < -0.39 is 11.5 Å². The summed E-state index contributed by atoms with van der Waals surface area (Å²) in [4.78, 5) is 38.4. The van der Waals surface area contributed by atoms with Crippen LogP contribution in [-0.4, -0.2) is 37.2 Å². The second-order valence-corrected chi connectivity index (χ2v) is 16.0. The SMILES string of the molecule is C=C(C)C1CCC2(C(=O)OC)C(OC(C)=O)CC3(C)C(CCC4C5(C)CCC(OC(C)=O)C(C)(C)C5CCC43C)C12. The van der Waals surface area contributed by atoms with Crippen LogP contribution in [0.3, 0.4) is 0 Å². The Balaban J connectivity index is 1.60. The van der Waals surface area contributed by atoms with Crippen molar-refractivity contribution in [2.45, 2.75) is 125 Å². The van der Waals surface area contributed by atoms with E-state index in [0.29, 0.717) is 30.6 Å². The molecule has 0 amide bonds. The van der Waals surface area contributed by atoms with Gasteiger partial charge in [0.05, 0.1) is 7.11 Å². The highest BCUT2D eigenvalue weighted by Crippen LogP contribution is 2.78. The zero-order chi connectivity index (χ0) is 30.3. The lowest BCUT2D eigenvalue weighted by molar-refractivity contribution is -0.266. The van der Waals surface area contributed by atoms with Crippen LogP contribution in [0.5, 0.6) is 0 Å². The van der Waals surface area contributed by atoms with E-state index in [2.05, 4.69) is 48.1 Å². The minimum atomic E-state index is -0.817. The van der Waals surface area contributed by atoms with Crippen molar-refractivity contribution in [1.82, 2.24) is 0 Å². The Kier molecular flexibility index (Phi) is 7.34. The van der Waals surface area contributed by atoms with Crippen molar-refractivity contribution in [2.24, 2.45) is 56.7 Å². The molecule has 0 bridgehead atoms. The molecule has 11 atom stereocenters. The Morgan fingerprint density at radius 2 is 1.37 bits per heavy atom. The lowest BCUT2D eigenvalue weighted by Crippen LogP contribution is -2.69. The third kappa shape index (κ3) is 4.04. The van der Waals surface area contributed by atoms with Crippen LogP contribution in [0, 0.1) is 56.7 Å². The molecule has 6 heteroatoms. The summed E-state index contributed by atoms with van der Waals surface area (Å²) < 4.78 is 17.6. The van der Waals surface area contributed by atoms with Gasteiger partial charge in [-0.3, -0.25) is 14.4 Å². The van der Waals surface area contributed by atoms with E-state index in [1.54, 1.807) is 0 Å². The molecule has 230 valence electrons. The molecular formula is C35H54O6. The number of fused-ring (bicyclic) bond motifs is 7. The van der Waals surface area contributed by atoms with Crippen molar-refractivity contribution in [2.75, 3.05) is 7.11 Å². The summed E-state index contributed by atoms with van der Waals surface area (Å²) in [5, 5.41) is 0. The summed E-state index contributed by atoms with van der Waals surface area (Å²) in [7, 11) is 1.48. The second kappa shape index (κ2) is 9.84. The molecule has 0 aromatic heterocycles. The molecule has 5 saturated carbocycles. The van der Waals surface area contributed by atoms with Gasteiger partial charge in [-0.05, 0) is 111 Å². The highest BCUT2D eigenvalue weighted by molar-refractivity contribution is 5.80. The monoisotopic (exact) mass is 570 g/mol. The van der Waals surface area contributed by atoms with Crippen molar-refractivity contribution < 1.29 is 28.6 Å². The van der Waals surface area contributed by atoms with Gasteiger partial charge >= 0.3 is 17.9 Å². The Hall–Kier alpha value is -1.85. The van der Waals surface area contributed by atoms with Gasteiger partial charge in [0.15, 0.2) is 0 Å². The molecule has 0 radical (unpaired) electrons. The Bertz CT molecular complexity index is 1130. The number of hydrogen-bond donors (Lipinski definition) is 0. The minimum absolute atomic E-state index is 0.0222. The predicted molar refractivity (Wildman–Crippen MR) is 157 cm³/mol. The molecule has 11 unspecified atom stereocenters. The second-order valence-electron chi connectivity index (χ2n) is 16.0. The van der Waals surface area contributed by atoms with Crippen LogP contribution in [0.25, 0.3) is 0 Å². The van der Waals surface area contributed by atoms with E-state index in [9.17, 15) is 14.4 Å². The molecule has 0 heterocycles. The first kappa shape index (κ1) is 30.6. The fraction of sp³-hybridized carbons (Fsp3) is 0.857. The molecule has 5 fully saturated rings. The molecule has 6 nitrogen and oxygen atoms in total. The smallest absolute Gasteiger partial charge is 0.315 e. The molecule has 0 saturated heterocycles. The third-order valence-electron chi connectivity index (χ3n) is 14.2. The number of hydrogen-bond acceptors (Lipinski definition) is 6. The molecule has 0 aromatic rings. The van der Waals surface area contributed by atoms with E-state index in [4.69, 9.17) is 14.2 Å². The number of carbonyl (C=O) groups excluding carboxylic acids is 3. The fourth-order valence-electron chi connectivity index (χ4n) is 12.5. The standard InChI is InChI=1S/C35H54O6/c1-20(2)23-13-18-35(30(38)39-10)28(41-22(4)37)19-34(9)24(29(23)35)11-12-26-32(7)16-15-27(40-21(3)36)31(5,6)25(32)14-17-33(26,34)8/h23-29H,1,11-19H2,2-10H3. The number of esters is 3. The summed E-state index contributed by atoms with van der Waals surface area (Å²) in [6, 6.07) is 0. The molecule has 41 heavy (non-hydrogen) atoms. The van der Waals surface area contributed by atoms with Crippen LogP contribution < -0.4 is 0 Å². The first-order chi connectivity index (χ1) is 19.0. The summed E-state index contributed by atoms with van der Waals surface area (Å²) in [5.41, 5.74) is 0.248. The van der Waals surface area contributed by atoms with Crippen LogP contribution in [0.15, 0.2) is 12.2 Å². The maximum Gasteiger partial charge on any atom is 0.315 e. The van der Waals surface area contributed by atoms with Gasteiger partial charge in [0, 0.05) is 19.3 Å². The third-order valence-corrected chi connectivity index (χ3v) is 14.2. The van der Waals surface area contributed by atoms with Gasteiger partial charge in [-0.2, -0.15) is 0 Å². The summed E-state index contributed by atoms with van der Waals surface area (Å²) in [6.07, 6.45) is 8.02. The van der Waals surface area contributed by atoms with Crippen molar-refractivity contribution in [3.05, 3.63) is 12.2 Å². The minimum Gasteiger partial charge on any atom is -0.468 e. The molecule has 5 rings (SSSR count). The molecule has 0 aromatic carbocycles. The molecule has 5 aliphatic carbocycles. The molecule has 0 aliphatic heterocycles.